The number of carbonyl (C=O) groups excluding carboxylic acids is 1. The van der Waals surface area contributed by atoms with Crippen LogP contribution < -0.4 is 5.32 Å². The lowest BCUT2D eigenvalue weighted by Gasteiger charge is -2.44. The number of morpholine rings is 1. The molecule has 1 amide bonds. The smallest absolute Gasteiger partial charge is 0.369 e. The average molecular weight is 314 g/mol. The van der Waals surface area contributed by atoms with Gasteiger partial charge in [-0.25, -0.2) is 0 Å². The zero-order chi connectivity index (χ0) is 15.8. The van der Waals surface area contributed by atoms with Gasteiger partial charge >= 0.3 is 6.18 Å². The Bertz CT molecular complexity index is 568. The van der Waals surface area contributed by atoms with E-state index >= 15 is 0 Å². The molecule has 1 aromatic rings. The molecule has 22 heavy (non-hydrogen) atoms. The van der Waals surface area contributed by atoms with Gasteiger partial charge in [-0.3, -0.25) is 4.79 Å². The van der Waals surface area contributed by atoms with Crippen LogP contribution in [0.5, 0.6) is 0 Å². The molecular formula is C15H17F3N2O2. The fourth-order valence-corrected chi connectivity index (χ4v) is 3.12. The predicted molar refractivity (Wildman–Crippen MR) is 73.0 cm³/mol. The summed E-state index contributed by atoms with van der Waals surface area (Å²) in [7, 11) is 0. The molecule has 2 fully saturated rings. The molecule has 2 aliphatic rings. The summed E-state index contributed by atoms with van der Waals surface area (Å²) in [6, 6.07) is 5.15. The number of ether oxygens (including phenoxy) is 1. The van der Waals surface area contributed by atoms with Crippen molar-refractivity contribution in [3.8, 4) is 0 Å². The van der Waals surface area contributed by atoms with Gasteiger partial charge in [-0.2, -0.15) is 13.2 Å². The molecule has 1 aromatic carbocycles. The molecule has 3 rings (SSSR count). The van der Waals surface area contributed by atoms with Gasteiger partial charge in [0, 0.05) is 13.1 Å². The van der Waals surface area contributed by atoms with E-state index in [1.165, 1.54) is 6.07 Å². The minimum atomic E-state index is -4.38. The van der Waals surface area contributed by atoms with Gasteiger partial charge < -0.3 is 15.0 Å². The molecule has 7 heteroatoms. The number of nitrogens with zero attached hydrogens (tertiary/aromatic N) is 1. The number of hydrogen-bond donors (Lipinski definition) is 1. The van der Waals surface area contributed by atoms with Gasteiger partial charge in [0.05, 0.1) is 17.7 Å². The van der Waals surface area contributed by atoms with Crippen molar-refractivity contribution in [2.75, 3.05) is 26.3 Å². The molecule has 4 nitrogen and oxygen atoms in total. The number of nitrogens with one attached hydrogen (secondary N) is 1. The zero-order valence-corrected chi connectivity index (χ0v) is 11.9. The first-order chi connectivity index (χ1) is 10.4. The number of halogens is 3. The second-order valence-electron chi connectivity index (χ2n) is 5.82. The molecule has 2 saturated heterocycles. The topological polar surface area (TPSA) is 41.6 Å². The summed E-state index contributed by atoms with van der Waals surface area (Å²) in [5.74, 6) is -0.174. The van der Waals surface area contributed by atoms with Crippen LogP contribution in [0.1, 0.15) is 17.5 Å². The molecule has 1 spiro atoms. The lowest BCUT2D eigenvalue weighted by atomic mass is 9.94. The Balaban J connectivity index is 1.85. The van der Waals surface area contributed by atoms with E-state index in [0.29, 0.717) is 18.7 Å². The quantitative estimate of drug-likeness (QED) is 0.905. The van der Waals surface area contributed by atoms with Crippen LogP contribution in [-0.2, 0) is 22.3 Å². The Kier molecular flexibility index (Phi) is 3.86. The van der Waals surface area contributed by atoms with Crippen molar-refractivity contribution in [1.82, 2.24) is 10.2 Å². The molecule has 0 aliphatic carbocycles. The van der Waals surface area contributed by atoms with Crippen molar-refractivity contribution in [2.45, 2.75) is 24.7 Å². The van der Waals surface area contributed by atoms with Crippen LogP contribution in [0.2, 0.25) is 0 Å². The second kappa shape index (κ2) is 5.55. The van der Waals surface area contributed by atoms with Crippen molar-refractivity contribution in [2.24, 2.45) is 0 Å². The first-order valence-electron chi connectivity index (χ1n) is 7.16. The number of carbonyl (C=O) groups is 1. The monoisotopic (exact) mass is 314 g/mol. The molecule has 2 heterocycles. The maximum absolute atomic E-state index is 12.8. The highest BCUT2D eigenvalue weighted by Gasteiger charge is 2.45. The van der Waals surface area contributed by atoms with E-state index in [1.807, 2.05) is 0 Å². The Hall–Kier alpha value is -1.60. The molecule has 1 N–H and O–H groups in total. The van der Waals surface area contributed by atoms with Gasteiger partial charge in [-0.05, 0) is 30.7 Å². The summed E-state index contributed by atoms with van der Waals surface area (Å²) < 4.78 is 43.8. The molecule has 120 valence electrons. The molecule has 0 radical (unpaired) electrons. The van der Waals surface area contributed by atoms with Gasteiger partial charge in [0.1, 0.15) is 6.61 Å². The van der Waals surface area contributed by atoms with Gasteiger partial charge in [-0.15, -0.1) is 0 Å². The minimum Gasteiger partial charge on any atom is -0.369 e. The third kappa shape index (κ3) is 2.83. The van der Waals surface area contributed by atoms with Crippen molar-refractivity contribution in [1.29, 1.82) is 0 Å². The van der Waals surface area contributed by atoms with Gasteiger partial charge in [-0.1, -0.05) is 12.1 Å². The molecule has 0 bridgehead atoms. The molecule has 0 saturated carbocycles. The number of hydrogen-bond acceptors (Lipinski definition) is 3. The molecule has 1 atom stereocenters. The normalized spacial score (nSPS) is 26.0. The van der Waals surface area contributed by atoms with E-state index in [-0.39, 0.29) is 19.1 Å². The summed E-state index contributed by atoms with van der Waals surface area (Å²) in [4.78, 5) is 13.9. The van der Waals surface area contributed by atoms with Crippen LogP contribution in [0.25, 0.3) is 0 Å². The summed E-state index contributed by atoms with van der Waals surface area (Å²) in [5.41, 5.74) is -0.649. The summed E-state index contributed by atoms with van der Waals surface area (Å²) in [5, 5.41) is 3.20. The Morgan fingerprint density at radius 2 is 2.18 bits per heavy atom. The third-order valence-corrected chi connectivity index (χ3v) is 4.29. The standard InChI is InChI=1S/C15H17F3N2O2/c16-15(17,18)12-3-1-2-11(6-12)7-20-13(21)8-22-10-14(20)4-5-19-9-14/h1-3,6,19H,4-5,7-10H2. The maximum atomic E-state index is 12.8. The predicted octanol–water partition coefficient (Wildman–Crippen LogP) is 1.80. The van der Waals surface area contributed by atoms with E-state index < -0.39 is 17.3 Å². The van der Waals surface area contributed by atoms with E-state index in [0.717, 1.165) is 25.1 Å². The number of benzene rings is 1. The molecule has 1 unspecified atom stereocenters. The number of amides is 1. The van der Waals surface area contributed by atoms with Gasteiger partial charge in [0.15, 0.2) is 0 Å². The highest BCUT2D eigenvalue weighted by Crippen LogP contribution is 2.32. The molecular weight excluding hydrogens is 297 g/mol. The fourth-order valence-electron chi connectivity index (χ4n) is 3.12. The third-order valence-electron chi connectivity index (χ3n) is 4.29. The van der Waals surface area contributed by atoms with Crippen molar-refractivity contribution >= 4 is 5.91 Å². The second-order valence-corrected chi connectivity index (χ2v) is 5.82. The summed E-state index contributed by atoms with van der Waals surface area (Å²) >= 11 is 0. The largest absolute Gasteiger partial charge is 0.416 e. The number of alkyl halides is 3. The van der Waals surface area contributed by atoms with Crippen LogP contribution in [0, 0.1) is 0 Å². The molecule has 2 aliphatic heterocycles. The Labute approximate surface area is 126 Å². The minimum absolute atomic E-state index is 0.0132. The number of rotatable bonds is 2. The first kappa shape index (κ1) is 15.3. The SMILES string of the molecule is O=C1COCC2(CCNC2)N1Cc1cccc(C(F)(F)F)c1. The Morgan fingerprint density at radius 3 is 2.86 bits per heavy atom. The Morgan fingerprint density at radius 1 is 1.36 bits per heavy atom. The lowest BCUT2D eigenvalue weighted by Crippen LogP contribution is -2.60. The summed E-state index contributed by atoms with van der Waals surface area (Å²) in [6.45, 7) is 1.96. The highest BCUT2D eigenvalue weighted by molar-refractivity contribution is 5.79. The van der Waals surface area contributed by atoms with Crippen LogP contribution in [0.3, 0.4) is 0 Å². The summed E-state index contributed by atoms with van der Waals surface area (Å²) in [6.07, 6.45) is -3.63. The lowest BCUT2D eigenvalue weighted by molar-refractivity contribution is -0.157. The zero-order valence-electron chi connectivity index (χ0n) is 11.9. The first-order valence-corrected chi connectivity index (χ1v) is 7.16. The fraction of sp³-hybridized carbons (Fsp3) is 0.533. The highest BCUT2D eigenvalue weighted by atomic mass is 19.4. The van der Waals surface area contributed by atoms with Crippen LogP contribution in [0.15, 0.2) is 24.3 Å². The van der Waals surface area contributed by atoms with Crippen LogP contribution in [0.4, 0.5) is 13.2 Å². The van der Waals surface area contributed by atoms with Gasteiger partial charge in [0.2, 0.25) is 5.91 Å². The maximum Gasteiger partial charge on any atom is 0.416 e. The van der Waals surface area contributed by atoms with Crippen molar-refractivity contribution < 1.29 is 22.7 Å². The van der Waals surface area contributed by atoms with Crippen LogP contribution in [-0.4, -0.2) is 42.6 Å². The van der Waals surface area contributed by atoms with E-state index in [1.54, 1.807) is 11.0 Å². The van der Waals surface area contributed by atoms with Crippen LogP contribution >= 0.6 is 0 Å². The van der Waals surface area contributed by atoms with Crippen molar-refractivity contribution in [3.05, 3.63) is 35.4 Å². The van der Waals surface area contributed by atoms with E-state index in [4.69, 9.17) is 4.74 Å². The average Bonchev–Trinajstić information content (AvgIpc) is 2.92. The van der Waals surface area contributed by atoms with Crippen molar-refractivity contribution in [3.63, 3.8) is 0 Å². The van der Waals surface area contributed by atoms with E-state index in [2.05, 4.69) is 5.32 Å². The molecule has 0 aromatic heterocycles. The van der Waals surface area contributed by atoms with Gasteiger partial charge in [0.25, 0.3) is 0 Å². The van der Waals surface area contributed by atoms with E-state index in [9.17, 15) is 18.0 Å².